The predicted molar refractivity (Wildman–Crippen MR) is 87.6 cm³/mol. The number of nitrogens with two attached hydrogens (primary N) is 2. The molecular formula is C15H29N5O. The number of hydrogen-bond donors (Lipinski definition) is 2. The van der Waals surface area contributed by atoms with Gasteiger partial charge in [-0.1, -0.05) is 19.9 Å². The first kappa shape index (κ1) is 17.4. The molecule has 0 spiro atoms. The molecule has 0 aliphatic carbocycles. The average Bonchev–Trinajstić information content (AvgIpc) is 2.45. The highest BCUT2D eigenvalue weighted by atomic mass is 16.5. The quantitative estimate of drug-likeness (QED) is 0.318. The summed E-state index contributed by atoms with van der Waals surface area (Å²) in [5.74, 6) is 0.753. The van der Waals surface area contributed by atoms with Crippen molar-refractivity contribution in [3.05, 3.63) is 23.7 Å². The normalized spacial score (nSPS) is 17.2. The molecule has 0 aromatic carbocycles. The summed E-state index contributed by atoms with van der Waals surface area (Å²) in [4.78, 5) is 8.77. The van der Waals surface area contributed by atoms with E-state index < -0.39 is 0 Å². The minimum Gasteiger partial charge on any atom is -0.493 e. The Morgan fingerprint density at radius 2 is 1.86 bits per heavy atom. The second-order valence-corrected chi connectivity index (χ2v) is 5.36. The number of piperazine rings is 1. The Kier molecular flexibility index (Phi) is 7.08. The number of aliphatic imine (C=N–C) groups is 1. The van der Waals surface area contributed by atoms with Crippen LogP contribution < -0.4 is 11.5 Å². The number of ether oxygens (including phenoxy) is 1. The molecule has 0 aromatic heterocycles. The lowest BCUT2D eigenvalue weighted by Crippen LogP contribution is -2.44. The van der Waals surface area contributed by atoms with Crippen LogP contribution in [0.3, 0.4) is 0 Å². The van der Waals surface area contributed by atoms with Gasteiger partial charge in [0.1, 0.15) is 0 Å². The molecule has 1 aliphatic heterocycles. The number of unbranched alkanes of at least 4 members (excludes halogenated alkanes) is 1. The Balaban J connectivity index is 2.95. The smallest absolute Gasteiger partial charge is 0.190 e. The number of nitrogens with zero attached hydrogens (tertiary/aromatic N) is 3. The van der Waals surface area contributed by atoms with Crippen molar-refractivity contribution >= 4 is 5.96 Å². The monoisotopic (exact) mass is 295 g/mol. The first-order chi connectivity index (χ1) is 9.99. The third-order valence-electron chi connectivity index (χ3n) is 3.64. The summed E-state index contributed by atoms with van der Waals surface area (Å²) in [6.07, 6.45) is 2.86. The standard InChI is InChI=1S/C15H29N5O/c1-5-6-7-13(18-15(16)17)14(21-4)12(2)20-10-8-19(3)9-11-20/h2,5-11H2,1,3-4H3,(H4,16,17,18)/b14-13+. The fourth-order valence-corrected chi connectivity index (χ4v) is 2.34. The number of guanidine groups is 1. The van der Waals surface area contributed by atoms with Crippen LogP contribution in [0.4, 0.5) is 0 Å². The number of allylic oxidation sites excluding steroid dienone is 1. The van der Waals surface area contributed by atoms with E-state index in [2.05, 4.69) is 35.3 Å². The van der Waals surface area contributed by atoms with Crippen LogP contribution >= 0.6 is 0 Å². The third kappa shape index (κ3) is 5.30. The minimum atomic E-state index is 0.0573. The molecule has 4 N–H and O–H groups in total. The van der Waals surface area contributed by atoms with E-state index >= 15 is 0 Å². The van der Waals surface area contributed by atoms with E-state index in [0.717, 1.165) is 56.8 Å². The van der Waals surface area contributed by atoms with Crippen LogP contribution in [0, 0.1) is 0 Å². The highest BCUT2D eigenvalue weighted by molar-refractivity contribution is 5.77. The van der Waals surface area contributed by atoms with Crippen molar-refractivity contribution in [2.45, 2.75) is 26.2 Å². The molecule has 0 bridgehead atoms. The maximum absolute atomic E-state index is 5.56. The van der Waals surface area contributed by atoms with E-state index in [9.17, 15) is 0 Å². The molecule has 0 aromatic rings. The molecule has 1 heterocycles. The van der Waals surface area contributed by atoms with Gasteiger partial charge in [-0.05, 0) is 19.9 Å². The molecule has 0 saturated carbocycles. The summed E-state index contributed by atoms with van der Waals surface area (Å²) in [6, 6.07) is 0. The van der Waals surface area contributed by atoms with Gasteiger partial charge in [0.05, 0.1) is 18.5 Å². The van der Waals surface area contributed by atoms with Gasteiger partial charge in [-0.15, -0.1) is 0 Å². The van der Waals surface area contributed by atoms with Gasteiger partial charge in [0.15, 0.2) is 11.7 Å². The van der Waals surface area contributed by atoms with E-state index in [1.165, 1.54) is 0 Å². The van der Waals surface area contributed by atoms with Crippen molar-refractivity contribution < 1.29 is 4.74 Å². The minimum absolute atomic E-state index is 0.0573. The van der Waals surface area contributed by atoms with Crippen LogP contribution in [0.25, 0.3) is 0 Å². The molecule has 120 valence electrons. The highest BCUT2D eigenvalue weighted by Crippen LogP contribution is 2.23. The molecule has 6 heteroatoms. The van der Waals surface area contributed by atoms with E-state index in [0.29, 0.717) is 5.76 Å². The van der Waals surface area contributed by atoms with Gasteiger partial charge in [-0.2, -0.15) is 0 Å². The summed E-state index contributed by atoms with van der Waals surface area (Å²) < 4.78 is 5.56. The largest absolute Gasteiger partial charge is 0.493 e. The zero-order valence-electron chi connectivity index (χ0n) is 13.6. The van der Waals surface area contributed by atoms with Gasteiger partial charge >= 0.3 is 0 Å². The SMILES string of the molecule is C=C(/C(OC)=C(/CCCC)N=C(N)N)N1CCN(C)CC1. The second kappa shape index (κ2) is 8.56. The number of rotatable bonds is 7. The zero-order chi connectivity index (χ0) is 15.8. The van der Waals surface area contributed by atoms with Crippen molar-refractivity contribution in [3.63, 3.8) is 0 Å². The Morgan fingerprint density at radius 1 is 1.24 bits per heavy atom. The van der Waals surface area contributed by atoms with E-state index in [4.69, 9.17) is 16.2 Å². The van der Waals surface area contributed by atoms with Crippen molar-refractivity contribution in [1.82, 2.24) is 9.80 Å². The molecule has 21 heavy (non-hydrogen) atoms. The van der Waals surface area contributed by atoms with Gasteiger partial charge in [0, 0.05) is 26.2 Å². The Morgan fingerprint density at radius 3 is 2.33 bits per heavy atom. The second-order valence-electron chi connectivity index (χ2n) is 5.36. The molecule has 1 saturated heterocycles. The number of methoxy groups -OCH3 is 1. The van der Waals surface area contributed by atoms with Crippen molar-refractivity contribution in [1.29, 1.82) is 0 Å². The van der Waals surface area contributed by atoms with Gasteiger partial charge in [-0.3, -0.25) is 0 Å². The van der Waals surface area contributed by atoms with Crippen molar-refractivity contribution in [3.8, 4) is 0 Å². The van der Waals surface area contributed by atoms with Crippen LogP contribution in [-0.2, 0) is 4.74 Å². The van der Waals surface area contributed by atoms with Crippen LogP contribution in [0.15, 0.2) is 28.7 Å². The number of likely N-dealkylation sites (N-methyl/N-ethyl adjacent to an activating group) is 1. The average molecular weight is 295 g/mol. The molecule has 1 rings (SSSR count). The summed E-state index contributed by atoms with van der Waals surface area (Å²) >= 11 is 0. The first-order valence-corrected chi connectivity index (χ1v) is 7.49. The molecule has 1 fully saturated rings. The molecule has 0 amide bonds. The maximum atomic E-state index is 5.56. The van der Waals surface area contributed by atoms with Crippen LogP contribution in [0.5, 0.6) is 0 Å². The Bertz CT molecular complexity index is 404. The molecule has 0 radical (unpaired) electrons. The van der Waals surface area contributed by atoms with Crippen molar-refractivity contribution in [2.24, 2.45) is 16.5 Å². The summed E-state index contributed by atoms with van der Waals surface area (Å²) in [5, 5.41) is 0. The third-order valence-corrected chi connectivity index (χ3v) is 3.64. The van der Waals surface area contributed by atoms with E-state index in [-0.39, 0.29) is 5.96 Å². The van der Waals surface area contributed by atoms with E-state index in [1.54, 1.807) is 7.11 Å². The van der Waals surface area contributed by atoms with Gasteiger partial charge < -0.3 is 26.0 Å². The van der Waals surface area contributed by atoms with Gasteiger partial charge in [0.25, 0.3) is 0 Å². The van der Waals surface area contributed by atoms with Crippen molar-refractivity contribution in [2.75, 3.05) is 40.3 Å². The van der Waals surface area contributed by atoms with Crippen LogP contribution in [0.2, 0.25) is 0 Å². The molecule has 0 unspecified atom stereocenters. The molecule has 6 nitrogen and oxygen atoms in total. The van der Waals surface area contributed by atoms with Gasteiger partial charge in [0.2, 0.25) is 0 Å². The topological polar surface area (TPSA) is 80.1 Å². The van der Waals surface area contributed by atoms with Gasteiger partial charge in [-0.25, -0.2) is 4.99 Å². The molecular weight excluding hydrogens is 266 g/mol. The predicted octanol–water partition coefficient (Wildman–Crippen LogP) is 1.07. The lowest BCUT2D eigenvalue weighted by atomic mass is 10.1. The van der Waals surface area contributed by atoms with E-state index in [1.807, 2.05) is 0 Å². The maximum Gasteiger partial charge on any atom is 0.190 e. The first-order valence-electron chi connectivity index (χ1n) is 7.49. The number of hydrogen-bond acceptors (Lipinski definition) is 4. The fourth-order valence-electron chi connectivity index (χ4n) is 2.34. The summed E-state index contributed by atoms with van der Waals surface area (Å²) in [6.45, 7) is 10.2. The summed E-state index contributed by atoms with van der Waals surface area (Å²) in [7, 11) is 3.77. The molecule has 0 atom stereocenters. The Labute approximate surface area is 128 Å². The highest BCUT2D eigenvalue weighted by Gasteiger charge is 2.20. The Hall–Kier alpha value is -1.69. The van der Waals surface area contributed by atoms with Crippen LogP contribution in [-0.4, -0.2) is 56.1 Å². The molecule has 1 aliphatic rings. The van der Waals surface area contributed by atoms with Crippen LogP contribution in [0.1, 0.15) is 26.2 Å². The fraction of sp³-hybridized carbons (Fsp3) is 0.667. The lowest BCUT2D eigenvalue weighted by Gasteiger charge is -2.35. The lowest BCUT2D eigenvalue weighted by molar-refractivity contribution is 0.172. The summed E-state index contributed by atoms with van der Waals surface area (Å²) in [5.41, 5.74) is 12.7. The zero-order valence-corrected chi connectivity index (χ0v) is 13.6.